The lowest BCUT2D eigenvalue weighted by Gasteiger charge is -2.22. The van der Waals surface area contributed by atoms with Gasteiger partial charge in [0.15, 0.2) is 0 Å². The Balaban J connectivity index is 2.04. The minimum absolute atomic E-state index is 0.343. The van der Waals surface area contributed by atoms with Crippen molar-refractivity contribution in [2.75, 3.05) is 11.9 Å². The Labute approximate surface area is 107 Å². The molecule has 3 rings (SSSR count). The fourth-order valence-electron chi connectivity index (χ4n) is 2.74. The van der Waals surface area contributed by atoms with Crippen LogP contribution in [0.25, 0.3) is 0 Å². The molecule has 1 aliphatic rings. The maximum Gasteiger partial charge on any atom is 0.0995 e. The Bertz CT molecular complexity index is 611. The maximum atomic E-state index is 9.18. The highest BCUT2D eigenvalue weighted by molar-refractivity contribution is 5.65. The first-order valence-corrected chi connectivity index (χ1v) is 6.11. The molecule has 2 heteroatoms. The SMILES string of the molecule is CN1c2cccc(C#N)c2CC1c1ccccc1. The van der Waals surface area contributed by atoms with Crippen LogP contribution in [0.4, 0.5) is 5.69 Å². The van der Waals surface area contributed by atoms with Crippen LogP contribution in [0.15, 0.2) is 48.5 Å². The van der Waals surface area contributed by atoms with E-state index in [1.807, 2.05) is 18.2 Å². The molecular weight excluding hydrogens is 220 g/mol. The zero-order chi connectivity index (χ0) is 12.5. The number of benzene rings is 2. The normalized spacial score (nSPS) is 17.3. The molecule has 0 radical (unpaired) electrons. The van der Waals surface area contributed by atoms with Crippen LogP contribution in [0.1, 0.15) is 22.7 Å². The van der Waals surface area contributed by atoms with Crippen LogP contribution in [-0.2, 0) is 6.42 Å². The Morgan fingerprint density at radius 2 is 1.89 bits per heavy atom. The number of fused-ring (bicyclic) bond motifs is 1. The average molecular weight is 234 g/mol. The summed E-state index contributed by atoms with van der Waals surface area (Å²) in [5.74, 6) is 0. The topological polar surface area (TPSA) is 27.0 Å². The lowest BCUT2D eigenvalue weighted by molar-refractivity contribution is 0.716. The number of nitriles is 1. The van der Waals surface area contributed by atoms with E-state index in [0.29, 0.717) is 6.04 Å². The molecule has 1 aliphatic heterocycles. The van der Waals surface area contributed by atoms with Crippen molar-refractivity contribution >= 4 is 5.69 Å². The fourth-order valence-corrected chi connectivity index (χ4v) is 2.74. The van der Waals surface area contributed by atoms with Crippen LogP contribution in [-0.4, -0.2) is 7.05 Å². The second-order valence-electron chi connectivity index (χ2n) is 4.66. The van der Waals surface area contributed by atoms with Crippen molar-refractivity contribution in [1.82, 2.24) is 0 Å². The highest BCUT2D eigenvalue weighted by atomic mass is 15.2. The van der Waals surface area contributed by atoms with Crippen LogP contribution in [0.3, 0.4) is 0 Å². The standard InChI is InChI=1S/C16H14N2/c1-18-15-9-5-8-13(11-17)14(15)10-16(18)12-6-3-2-4-7-12/h2-9,16H,10H2,1H3. The van der Waals surface area contributed by atoms with Gasteiger partial charge in [0.25, 0.3) is 0 Å². The highest BCUT2D eigenvalue weighted by Gasteiger charge is 2.29. The lowest BCUT2D eigenvalue weighted by Crippen LogP contribution is -2.19. The Morgan fingerprint density at radius 3 is 2.61 bits per heavy atom. The molecule has 0 saturated heterocycles. The third-order valence-electron chi connectivity index (χ3n) is 3.70. The number of anilines is 1. The molecule has 0 fully saturated rings. The number of rotatable bonds is 1. The fraction of sp³-hybridized carbons (Fsp3) is 0.188. The van der Waals surface area contributed by atoms with E-state index >= 15 is 0 Å². The second-order valence-corrected chi connectivity index (χ2v) is 4.66. The van der Waals surface area contributed by atoms with Crippen LogP contribution < -0.4 is 4.90 Å². The van der Waals surface area contributed by atoms with Gasteiger partial charge in [-0.2, -0.15) is 5.26 Å². The first kappa shape index (κ1) is 10.9. The van der Waals surface area contributed by atoms with Gasteiger partial charge in [0.2, 0.25) is 0 Å². The van der Waals surface area contributed by atoms with Gasteiger partial charge in [0.05, 0.1) is 17.7 Å². The Morgan fingerprint density at radius 1 is 1.11 bits per heavy atom. The summed E-state index contributed by atoms with van der Waals surface area (Å²) in [6.07, 6.45) is 0.916. The molecular formula is C16H14N2. The Kier molecular flexibility index (Phi) is 2.53. The summed E-state index contributed by atoms with van der Waals surface area (Å²) >= 11 is 0. The first-order chi connectivity index (χ1) is 8.81. The summed E-state index contributed by atoms with van der Waals surface area (Å²) in [7, 11) is 2.10. The molecule has 1 unspecified atom stereocenters. The molecule has 0 bridgehead atoms. The van der Waals surface area contributed by atoms with Crippen LogP contribution >= 0.6 is 0 Å². The third kappa shape index (κ3) is 1.56. The summed E-state index contributed by atoms with van der Waals surface area (Å²) in [6.45, 7) is 0. The van der Waals surface area contributed by atoms with Gasteiger partial charge in [0.1, 0.15) is 0 Å². The lowest BCUT2D eigenvalue weighted by atomic mass is 10.00. The van der Waals surface area contributed by atoms with Gasteiger partial charge < -0.3 is 4.90 Å². The molecule has 88 valence electrons. The second kappa shape index (κ2) is 4.19. The van der Waals surface area contributed by atoms with E-state index in [0.717, 1.165) is 12.0 Å². The largest absolute Gasteiger partial charge is 0.367 e. The van der Waals surface area contributed by atoms with Crippen molar-refractivity contribution in [1.29, 1.82) is 5.26 Å². The van der Waals surface area contributed by atoms with E-state index in [1.165, 1.54) is 16.8 Å². The zero-order valence-electron chi connectivity index (χ0n) is 10.3. The highest BCUT2D eigenvalue weighted by Crippen LogP contribution is 2.40. The van der Waals surface area contributed by atoms with Gasteiger partial charge in [-0.05, 0) is 23.3 Å². The molecule has 0 aliphatic carbocycles. The van der Waals surface area contributed by atoms with Crippen molar-refractivity contribution < 1.29 is 0 Å². The quantitative estimate of drug-likeness (QED) is 0.757. The third-order valence-corrected chi connectivity index (χ3v) is 3.70. The number of likely N-dealkylation sites (N-methyl/N-ethyl adjacent to an activating group) is 1. The van der Waals surface area contributed by atoms with Crippen molar-refractivity contribution in [3.8, 4) is 6.07 Å². The summed E-state index contributed by atoms with van der Waals surface area (Å²) in [5, 5.41) is 9.18. The molecule has 18 heavy (non-hydrogen) atoms. The van der Waals surface area contributed by atoms with E-state index in [2.05, 4.69) is 48.3 Å². The van der Waals surface area contributed by atoms with E-state index in [1.54, 1.807) is 0 Å². The van der Waals surface area contributed by atoms with Crippen LogP contribution in [0.2, 0.25) is 0 Å². The summed E-state index contributed by atoms with van der Waals surface area (Å²) in [6, 6.07) is 19.1. The minimum Gasteiger partial charge on any atom is -0.367 e. The predicted octanol–water partition coefficient (Wildman–Crippen LogP) is 3.29. The number of nitrogens with zero attached hydrogens (tertiary/aromatic N) is 2. The molecule has 2 aromatic carbocycles. The Hall–Kier alpha value is -2.27. The van der Waals surface area contributed by atoms with E-state index in [4.69, 9.17) is 0 Å². The van der Waals surface area contributed by atoms with Gasteiger partial charge in [0, 0.05) is 19.2 Å². The summed E-state index contributed by atoms with van der Waals surface area (Å²) in [5.41, 5.74) is 4.47. The summed E-state index contributed by atoms with van der Waals surface area (Å²) < 4.78 is 0. The van der Waals surface area contributed by atoms with Crippen molar-refractivity contribution in [2.24, 2.45) is 0 Å². The number of hydrogen-bond acceptors (Lipinski definition) is 2. The molecule has 0 aromatic heterocycles. The molecule has 1 heterocycles. The molecule has 0 amide bonds. The molecule has 2 nitrogen and oxygen atoms in total. The van der Waals surface area contributed by atoms with Gasteiger partial charge in [-0.15, -0.1) is 0 Å². The molecule has 2 aromatic rings. The zero-order valence-corrected chi connectivity index (χ0v) is 10.3. The molecule has 0 saturated carbocycles. The minimum atomic E-state index is 0.343. The molecule has 0 N–H and O–H groups in total. The first-order valence-electron chi connectivity index (χ1n) is 6.11. The monoisotopic (exact) mass is 234 g/mol. The maximum absolute atomic E-state index is 9.18. The van der Waals surface area contributed by atoms with E-state index in [-0.39, 0.29) is 0 Å². The van der Waals surface area contributed by atoms with Gasteiger partial charge in [-0.3, -0.25) is 0 Å². The van der Waals surface area contributed by atoms with Crippen molar-refractivity contribution in [3.05, 3.63) is 65.2 Å². The van der Waals surface area contributed by atoms with Gasteiger partial charge >= 0.3 is 0 Å². The molecule has 1 atom stereocenters. The van der Waals surface area contributed by atoms with Crippen molar-refractivity contribution in [3.63, 3.8) is 0 Å². The van der Waals surface area contributed by atoms with Gasteiger partial charge in [-0.25, -0.2) is 0 Å². The van der Waals surface area contributed by atoms with Crippen molar-refractivity contribution in [2.45, 2.75) is 12.5 Å². The number of hydrogen-bond donors (Lipinski definition) is 0. The van der Waals surface area contributed by atoms with E-state index < -0.39 is 0 Å². The predicted molar refractivity (Wildman–Crippen MR) is 72.4 cm³/mol. The van der Waals surface area contributed by atoms with Gasteiger partial charge in [-0.1, -0.05) is 36.4 Å². The average Bonchev–Trinajstić information content (AvgIpc) is 2.77. The summed E-state index contributed by atoms with van der Waals surface area (Å²) in [4.78, 5) is 2.27. The van der Waals surface area contributed by atoms with Crippen LogP contribution in [0, 0.1) is 11.3 Å². The molecule has 0 spiro atoms. The van der Waals surface area contributed by atoms with Crippen LogP contribution in [0.5, 0.6) is 0 Å². The van der Waals surface area contributed by atoms with E-state index in [9.17, 15) is 5.26 Å². The smallest absolute Gasteiger partial charge is 0.0995 e.